The highest BCUT2D eigenvalue weighted by Crippen LogP contribution is 2.32. The maximum Gasteiger partial charge on any atom is 0.306 e. The zero-order chi connectivity index (χ0) is 17.3. The Hall–Kier alpha value is -1.78. The molecule has 2 fully saturated rings. The number of nitrogens with one attached hydrogen (secondary N) is 1. The fourth-order valence-corrected chi connectivity index (χ4v) is 4.51. The number of aliphatic carboxylic acids is 1. The van der Waals surface area contributed by atoms with Crippen molar-refractivity contribution in [3.63, 3.8) is 0 Å². The maximum absolute atomic E-state index is 12.7. The van der Waals surface area contributed by atoms with Crippen molar-refractivity contribution in [3.05, 3.63) is 23.0 Å². The third-order valence-electron chi connectivity index (χ3n) is 5.79. The summed E-state index contributed by atoms with van der Waals surface area (Å²) in [5.74, 6) is -1.12. The number of carbonyl (C=O) groups is 2. The van der Waals surface area contributed by atoms with Crippen molar-refractivity contribution < 1.29 is 14.7 Å². The molecule has 0 saturated heterocycles. The minimum Gasteiger partial charge on any atom is -0.481 e. The van der Waals surface area contributed by atoms with Gasteiger partial charge < -0.3 is 15.0 Å². The lowest BCUT2D eigenvalue weighted by Gasteiger charge is -2.26. The number of rotatable bonds is 4. The molecule has 2 atom stereocenters. The Morgan fingerprint density at radius 1 is 1.12 bits per heavy atom. The summed E-state index contributed by atoms with van der Waals surface area (Å²) in [4.78, 5) is 23.7. The lowest BCUT2D eigenvalue weighted by molar-refractivity contribution is -0.141. The monoisotopic (exact) mass is 332 g/mol. The maximum atomic E-state index is 12.7. The number of carboxylic acids is 1. The van der Waals surface area contributed by atoms with Crippen LogP contribution in [0.25, 0.3) is 0 Å². The van der Waals surface area contributed by atoms with E-state index in [1.807, 2.05) is 13.0 Å². The van der Waals surface area contributed by atoms with E-state index in [9.17, 15) is 9.59 Å². The molecule has 24 heavy (non-hydrogen) atoms. The predicted octanol–water partition coefficient (Wildman–Crippen LogP) is 3.59. The summed E-state index contributed by atoms with van der Waals surface area (Å²) in [6.07, 6.45) is 8.19. The van der Waals surface area contributed by atoms with Gasteiger partial charge in [0, 0.05) is 23.5 Å². The van der Waals surface area contributed by atoms with Crippen LogP contribution in [0.2, 0.25) is 0 Å². The van der Waals surface area contributed by atoms with E-state index in [0.29, 0.717) is 18.9 Å². The van der Waals surface area contributed by atoms with Gasteiger partial charge in [-0.15, -0.1) is 0 Å². The second-order valence-electron chi connectivity index (χ2n) is 7.47. The Morgan fingerprint density at radius 3 is 2.46 bits per heavy atom. The first-order valence-electron chi connectivity index (χ1n) is 9.19. The first-order chi connectivity index (χ1) is 11.5. The molecule has 0 aromatic carbocycles. The Bertz CT molecular complexity index is 629. The van der Waals surface area contributed by atoms with Crippen LogP contribution in [0.4, 0.5) is 0 Å². The summed E-state index contributed by atoms with van der Waals surface area (Å²) in [6.45, 7) is 4.11. The van der Waals surface area contributed by atoms with E-state index < -0.39 is 5.97 Å². The van der Waals surface area contributed by atoms with Gasteiger partial charge in [-0.05, 0) is 52.0 Å². The van der Waals surface area contributed by atoms with Gasteiger partial charge in [-0.3, -0.25) is 9.59 Å². The first kappa shape index (κ1) is 17.1. The minimum absolute atomic E-state index is 0.0173. The molecule has 0 aliphatic heterocycles. The summed E-state index contributed by atoms with van der Waals surface area (Å²) in [5, 5.41) is 12.1. The first-order valence-corrected chi connectivity index (χ1v) is 9.19. The van der Waals surface area contributed by atoms with Crippen LogP contribution in [0.3, 0.4) is 0 Å². The average molecular weight is 332 g/mol. The molecule has 132 valence electrons. The van der Waals surface area contributed by atoms with E-state index in [2.05, 4.69) is 16.8 Å². The smallest absolute Gasteiger partial charge is 0.306 e. The van der Waals surface area contributed by atoms with Crippen LogP contribution in [0, 0.1) is 19.8 Å². The fourth-order valence-electron chi connectivity index (χ4n) is 4.51. The number of amides is 1. The molecule has 2 saturated carbocycles. The standard InChI is InChI=1S/C19H28N2O3/c1-12-10-17(13(2)21(12)16-6-4-3-5-7-16)18(22)20-15-9-8-14(11-15)19(23)24/h10,14-16H,3-9,11H2,1-2H3,(H,20,22)(H,23,24)/t14-,15+/m0/s1. The highest BCUT2D eigenvalue weighted by atomic mass is 16.4. The molecule has 0 spiro atoms. The number of aryl methyl sites for hydroxylation is 1. The zero-order valence-electron chi connectivity index (χ0n) is 14.7. The van der Waals surface area contributed by atoms with Gasteiger partial charge in [-0.1, -0.05) is 19.3 Å². The number of hydrogen-bond acceptors (Lipinski definition) is 2. The Morgan fingerprint density at radius 2 is 1.83 bits per heavy atom. The molecule has 5 heteroatoms. The molecule has 1 amide bonds. The fraction of sp³-hybridized carbons (Fsp3) is 0.684. The van der Waals surface area contributed by atoms with Crippen molar-refractivity contribution in [2.75, 3.05) is 0 Å². The number of carbonyl (C=O) groups excluding carboxylic acids is 1. The van der Waals surface area contributed by atoms with E-state index in [1.165, 1.54) is 32.1 Å². The molecular weight excluding hydrogens is 304 g/mol. The highest BCUT2D eigenvalue weighted by Gasteiger charge is 2.31. The molecular formula is C19H28N2O3. The van der Waals surface area contributed by atoms with Gasteiger partial charge in [0.25, 0.3) is 5.91 Å². The quantitative estimate of drug-likeness (QED) is 0.885. The summed E-state index contributed by atoms with van der Waals surface area (Å²) in [5.41, 5.74) is 2.95. The molecule has 0 unspecified atom stereocenters. The highest BCUT2D eigenvalue weighted by molar-refractivity contribution is 5.96. The third kappa shape index (κ3) is 3.35. The third-order valence-corrected chi connectivity index (χ3v) is 5.79. The molecule has 1 aromatic rings. The molecule has 0 radical (unpaired) electrons. The lowest BCUT2D eigenvalue weighted by atomic mass is 9.95. The number of carboxylic acid groups (broad SMARTS) is 1. The van der Waals surface area contributed by atoms with E-state index >= 15 is 0 Å². The van der Waals surface area contributed by atoms with Crippen molar-refractivity contribution in [1.82, 2.24) is 9.88 Å². The van der Waals surface area contributed by atoms with Crippen LogP contribution in [0.15, 0.2) is 6.07 Å². The van der Waals surface area contributed by atoms with Crippen molar-refractivity contribution in [1.29, 1.82) is 0 Å². The van der Waals surface area contributed by atoms with Crippen LogP contribution in [-0.2, 0) is 4.79 Å². The van der Waals surface area contributed by atoms with Gasteiger partial charge in [-0.2, -0.15) is 0 Å². The zero-order valence-corrected chi connectivity index (χ0v) is 14.7. The van der Waals surface area contributed by atoms with Crippen LogP contribution < -0.4 is 5.32 Å². The molecule has 2 aliphatic carbocycles. The average Bonchev–Trinajstić information content (AvgIpc) is 3.13. The van der Waals surface area contributed by atoms with Crippen LogP contribution in [0.5, 0.6) is 0 Å². The minimum atomic E-state index is -0.748. The molecule has 2 N–H and O–H groups in total. The predicted molar refractivity (Wildman–Crippen MR) is 92.3 cm³/mol. The van der Waals surface area contributed by atoms with Crippen molar-refractivity contribution >= 4 is 11.9 Å². The SMILES string of the molecule is Cc1cc(C(=O)N[C@@H]2CC[C@H](C(=O)O)C2)c(C)n1C1CCCCC1. The number of nitrogens with zero attached hydrogens (tertiary/aromatic N) is 1. The normalized spacial score (nSPS) is 24.9. The Balaban J connectivity index is 1.70. The second-order valence-corrected chi connectivity index (χ2v) is 7.47. The molecule has 2 aliphatic rings. The Labute approximate surface area is 143 Å². The van der Waals surface area contributed by atoms with E-state index in [4.69, 9.17) is 5.11 Å². The summed E-state index contributed by atoms with van der Waals surface area (Å²) in [6, 6.07) is 2.49. The van der Waals surface area contributed by atoms with E-state index in [1.54, 1.807) is 0 Å². The molecule has 5 nitrogen and oxygen atoms in total. The summed E-state index contributed by atoms with van der Waals surface area (Å²) in [7, 11) is 0. The molecule has 3 rings (SSSR count). The van der Waals surface area contributed by atoms with Crippen molar-refractivity contribution in [3.8, 4) is 0 Å². The summed E-state index contributed by atoms with van der Waals surface area (Å²) >= 11 is 0. The Kier molecular flexibility index (Phi) is 4.97. The number of hydrogen-bond donors (Lipinski definition) is 2. The van der Waals surface area contributed by atoms with Crippen molar-refractivity contribution in [2.45, 2.75) is 77.3 Å². The molecule has 1 heterocycles. The van der Waals surface area contributed by atoms with Crippen LogP contribution >= 0.6 is 0 Å². The van der Waals surface area contributed by atoms with Crippen LogP contribution in [0.1, 0.15) is 79.2 Å². The van der Waals surface area contributed by atoms with E-state index in [0.717, 1.165) is 23.4 Å². The summed E-state index contributed by atoms with van der Waals surface area (Å²) < 4.78 is 2.34. The van der Waals surface area contributed by atoms with Gasteiger partial charge >= 0.3 is 5.97 Å². The lowest BCUT2D eigenvalue weighted by Crippen LogP contribution is -2.33. The van der Waals surface area contributed by atoms with Gasteiger partial charge in [0.2, 0.25) is 0 Å². The van der Waals surface area contributed by atoms with Gasteiger partial charge in [0.05, 0.1) is 11.5 Å². The molecule has 0 bridgehead atoms. The number of aromatic nitrogens is 1. The van der Waals surface area contributed by atoms with Gasteiger partial charge in [0.1, 0.15) is 0 Å². The second kappa shape index (κ2) is 6.99. The topological polar surface area (TPSA) is 71.3 Å². The van der Waals surface area contributed by atoms with Gasteiger partial charge in [-0.25, -0.2) is 0 Å². The van der Waals surface area contributed by atoms with E-state index in [-0.39, 0.29) is 17.9 Å². The van der Waals surface area contributed by atoms with Crippen LogP contribution in [-0.4, -0.2) is 27.6 Å². The van der Waals surface area contributed by atoms with Gasteiger partial charge in [0.15, 0.2) is 0 Å². The largest absolute Gasteiger partial charge is 0.481 e. The van der Waals surface area contributed by atoms with Crippen molar-refractivity contribution in [2.24, 2.45) is 5.92 Å². The molecule has 1 aromatic heterocycles.